The van der Waals surface area contributed by atoms with E-state index in [9.17, 15) is 4.79 Å². The molecule has 2 N–H and O–H groups in total. The molecule has 0 saturated heterocycles. The van der Waals surface area contributed by atoms with E-state index < -0.39 is 0 Å². The average Bonchev–Trinajstić information content (AvgIpc) is 3.64. The molecule has 1 atom stereocenters. The maximum Gasteiger partial charge on any atom is 0.251 e. The molecule has 6 rings (SSSR count). The highest BCUT2D eigenvalue weighted by Gasteiger charge is 2.17. The Balaban J connectivity index is 1.25. The van der Waals surface area contributed by atoms with E-state index in [1.807, 2.05) is 48.5 Å². The van der Waals surface area contributed by atoms with Crippen molar-refractivity contribution in [2.75, 3.05) is 0 Å². The molecule has 41 heavy (non-hydrogen) atoms. The second kappa shape index (κ2) is 11.2. The van der Waals surface area contributed by atoms with E-state index in [1.54, 1.807) is 0 Å². The number of aryl methyl sites for hydroxylation is 1. The molecule has 0 bridgehead atoms. The lowest BCUT2D eigenvalue weighted by Gasteiger charge is -2.17. The third-order valence-electron chi connectivity index (χ3n) is 7.95. The smallest absolute Gasteiger partial charge is 0.251 e. The van der Waals surface area contributed by atoms with Crippen LogP contribution in [-0.4, -0.2) is 31.1 Å². The topological polar surface area (TPSA) is 88.5 Å². The lowest BCUT2D eigenvalue weighted by Crippen LogP contribution is -2.28. The van der Waals surface area contributed by atoms with Crippen molar-refractivity contribution in [2.24, 2.45) is 0 Å². The van der Waals surface area contributed by atoms with Gasteiger partial charge in [-0.3, -0.25) is 4.79 Å². The van der Waals surface area contributed by atoms with Gasteiger partial charge >= 0.3 is 0 Å². The van der Waals surface area contributed by atoms with Crippen LogP contribution in [0.2, 0.25) is 0 Å². The van der Waals surface area contributed by atoms with Gasteiger partial charge in [-0.2, -0.15) is 0 Å². The SMILES string of the molecule is CCC(NC(=O)c1ccc2c(c1)c(C)c(C)n2Cc1ccc(-c2ccccc2-c2nnn[nH]2)cc1)c1ccccc1. The van der Waals surface area contributed by atoms with E-state index in [1.165, 1.54) is 16.8 Å². The Morgan fingerprint density at radius 3 is 2.34 bits per heavy atom. The second-order valence-electron chi connectivity index (χ2n) is 10.4. The van der Waals surface area contributed by atoms with Gasteiger partial charge in [-0.05, 0) is 76.7 Å². The summed E-state index contributed by atoms with van der Waals surface area (Å²) < 4.78 is 2.33. The Morgan fingerprint density at radius 2 is 1.63 bits per heavy atom. The number of hydrogen-bond donors (Lipinski definition) is 2. The third-order valence-corrected chi connectivity index (χ3v) is 7.95. The van der Waals surface area contributed by atoms with Crippen molar-refractivity contribution in [3.8, 4) is 22.5 Å². The summed E-state index contributed by atoms with van der Waals surface area (Å²) in [6.45, 7) is 7.11. The summed E-state index contributed by atoms with van der Waals surface area (Å²) in [7, 11) is 0. The molecule has 0 radical (unpaired) electrons. The Morgan fingerprint density at radius 1 is 0.902 bits per heavy atom. The monoisotopic (exact) mass is 540 g/mol. The summed E-state index contributed by atoms with van der Waals surface area (Å²) in [4.78, 5) is 13.2. The molecule has 0 saturated carbocycles. The molecule has 7 heteroatoms. The normalized spacial score (nSPS) is 12.0. The molecule has 204 valence electrons. The molecule has 0 spiro atoms. The maximum atomic E-state index is 13.2. The number of H-pyrrole nitrogens is 1. The number of fused-ring (bicyclic) bond motifs is 1. The molecular weight excluding hydrogens is 508 g/mol. The van der Waals surface area contributed by atoms with Crippen molar-refractivity contribution in [3.63, 3.8) is 0 Å². The summed E-state index contributed by atoms with van der Waals surface area (Å²) in [6.07, 6.45) is 0.828. The van der Waals surface area contributed by atoms with Crippen LogP contribution in [0.4, 0.5) is 0 Å². The largest absolute Gasteiger partial charge is 0.345 e. The summed E-state index contributed by atoms with van der Waals surface area (Å²) >= 11 is 0. The molecule has 0 aliphatic heterocycles. The summed E-state index contributed by atoms with van der Waals surface area (Å²) in [5.74, 6) is 0.595. The highest BCUT2D eigenvalue weighted by molar-refractivity contribution is 5.99. The van der Waals surface area contributed by atoms with Gasteiger partial charge in [-0.15, -0.1) is 5.10 Å². The van der Waals surface area contributed by atoms with Crippen molar-refractivity contribution < 1.29 is 4.79 Å². The molecule has 0 aliphatic rings. The Labute approximate surface area is 239 Å². The molecular formula is C34H32N6O. The van der Waals surface area contributed by atoms with Crippen LogP contribution >= 0.6 is 0 Å². The number of carbonyl (C=O) groups excluding carboxylic acids is 1. The maximum absolute atomic E-state index is 13.2. The number of nitrogens with zero attached hydrogens (tertiary/aromatic N) is 4. The number of tetrazole rings is 1. The van der Waals surface area contributed by atoms with E-state index >= 15 is 0 Å². The zero-order valence-corrected chi connectivity index (χ0v) is 23.4. The first-order chi connectivity index (χ1) is 20.0. The van der Waals surface area contributed by atoms with Gasteiger partial charge in [-0.25, -0.2) is 5.10 Å². The standard InChI is InChI=1S/C34H32N6O/c1-4-31(26-10-6-5-7-11-26)35-34(41)27-18-19-32-30(20-27)22(2)23(3)40(32)21-24-14-16-25(17-15-24)28-12-8-9-13-29(28)33-36-38-39-37-33/h5-20,31H,4,21H2,1-3H3,(H,35,41)(H,36,37,38,39). The Kier molecular flexibility index (Phi) is 7.17. The number of hydrogen-bond acceptors (Lipinski definition) is 4. The minimum Gasteiger partial charge on any atom is -0.345 e. The van der Waals surface area contributed by atoms with Crippen molar-refractivity contribution in [2.45, 2.75) is 39.8 Å². The Bertz CT molecular complexity index is 1800. The van der Waals surface area contributed by atoms with Crippen molar-refractivity contribution in [1.82, 2.24) is 30.5 Å². The Hall–Kier alpha value is -5.04. The molecule has 2 heterocycles. The van der Waals surface area contributed by atoms with Crippen LogP contribution < -0.4 is 5.32 Å². The predicted octanol–water partition coefficient (Wildman–Crippen LogP) is 7.03. The van der Waals surface area contributed by atoms with Crippen molar-refractivity contribution in [1.29, 1.82) is 0 Å². The van der Waals surface area contributed by atoms with E-state index in [2.05, 4.69) is 99.8 Å². The van der Waals surface area contributed by atoms with Crippen LogP contribution in [0.1, 0.15) is 52.1 Å². The number of rotatable bonds is 8. The fourth-order valence-corrected chi connectivity index (χ4v) is 5.53. The lowest BCUT2D eigenvalue weighted by atomic mass is 9.98. The van der Waals surface area contributed by atoms with Crippen molar-refractivity contribution in [3.05, 3.63) is 125 Å². The molecule has 0 aliphatic carbocycles. The summed E-state index contributed by atoms with van der Waals surface area (Å²) in [5, 5.41) is 18.7. The average molecular weight is 541 g/mol. The van der Waals surface area contributed by atoms with Crippen LogP contribution in [0, 0.1) is 13.8 Å². The van der Waals surface area contributed by atoms with Crippen LogP contribution in [0.3, 0.4) is 0 Å². The van der Waals surface area contributed by atoms with Gasteiger partial charge in [-0.1, -0.05) is 85.8 Å². The molecule has 6 aromatic rings. The van der Waals surface area contributed by atoms with E-state index in [0.29, 0.717) is 11.4 Å². The quantitative estimate of drug-likeness (QED) is 0.217. The zero-order valence-electron chi connectivity index (χ0n) is 23.4. The number of nitrogens with one attached hydrogen (secondary N) is 2. The van der Waals surface area contributed by atoms with E-state index in [4.69, 9.17) is 0 Å². The van der Waals surface area contributed by atoms with Gasteiger partial charge in [0.05, 0.1) is 6.04 Å². The van der Waals surface area contributed by atoms with Gasteiger partial charge in [0.25, 0.3) is 5.91 Å². The van der Waals surface area contributed by atoms with Crippen LogP contribution in [0.25, 0.3) is 33.4 Å². The minimum absolute atomic E-state index is 0.0193. The zero-order chi connectivity index (χ0) is 28.3. The van der Waals surface area contributed by atoms with Crippen LogP contribution in [-0.2, 0) is 6.54 Å². The number of benzene rings is 4. The third kappa shape index (κ3) is 5.14. The molecule has 4 aromatic carbocycles. The van der Waals surface area contributed by atoms with Gasteiger partial charge < -0.3 is 9.88 Å². The van der Waals surface area contributed by atoms with Gasteiger partial charge in [0, 0.05) is 34.3 Å². The van der Waals surface area contributed by atoms with Crippen LogP contribution in [0.15, 0.2) is 97.1 Å². The number of amides is 1. The minimum atomic E-state index is -0.0515. The fourth-order valence-electron chi connectivity index (χ4n) is 5.53. The second-order valence-corrected chi connectivity index (χ2v) is 10.4. The predicted molar refractivity (Wildman–Crippen MR) is 163 cm³/mol. The number of aromatic nitrogens is 5. The summed E-state index contributed by atoms with van der Waals surface area (Å²) in [5.41, 5.74) is 9.63. The van der Waals surface area contributed by atoms with Gasteiger partial charge in [0.1, 0.15) is 0 Å². The number of carbonyl (C=O) groups is 1. The highest BCUT2D eigenvalue weighted by atomic mass is 16.1. The lowest BCUT2D eigenvalue weighted by molar-refractivity contribution is 0.0935. The van der Waals surface area contributed by atoms with E-state index in [-0.39, 0.29) is 11.9 Å². The first-order valence-electron chi connectivity index (χ1n) is 13.9. The highest BCUT2D eigenvalue weighted by Crippen LogP contribution is 2.31. The first kappa shape index (κ1) is 26.2. The molecule has 2 aromatic heterocycles. The van der Waals surface area contributed by atoms with Crippen molar-refractivity contribution >= 4 is 16.8 Å². The number of aromatic amines is 1. The molecule has 1 amide bonds. The first-order valence-corrected chi connectivity index (χ1v) is 13.9. The fraction of sp³-hybridized carbons (Fsp3) is 0.176. The van der Waals surface area contributed by atoms with Gasteiger partial charge in [0.2, 0.25) is 0 Å². The van der Waals surface area contributed by atoms with Crippen LogP contribution in [0.5, 0.6) is 0 Å². The molecule has 0 fully saturated rings. The molecule has 1 unspecified atom stereocenters. The van der Waals surface area contributed by atoms with Gasteiger partial charge in [0.15, 0.2) is 5.82 Å². The van der Waals surface area contributed by atoms with E-state index in [0.717, 1.165) is 46.1 Å². The molecule has 7 nitrogen and oxygen atoms in total. The summed E-state index contributed by atoms with van der Waals surface area (Å²) in [6, 6.07) is 32.9.